The summed E-state index contributed by atoms with van der Waals surface area (Å²) in [6.07, 6.45) is -1.68. The molecule has 0 saturated heterocycles. The summed E-state index contributed by atoms with van der Waals surface area (Å²) < 4.78 is 11.8. The van der Waals surface area contributed by atoms with E-state index in [0.717, 1.165) is 0 Å². The van der Waals surface area contributed by atoms with Gasteiger partial charge in [0.05, 0.1) is 18.3 Å². The van der Waals surface area contributed by atoms with E-state index in [9.17, 15) is 10.2 Å². The van der Waals surface area contributed by atoms with Gasteiger partial charge < -0.3 is 19.4 Å². The summed E-state index contributed by atoms with van der Waals surface area (Å²) >= 11 is 0. The average Bonchev–Trinajstić information content (AvgIpc) is 2.34. The third-order valence-electron chi connectivity index (χ3n) is 4.90. The lowest BCUT2D eigenvalue weighted by molar-refractivity contribution is -0.0786. The molecular weight excluding hydrogens is 284 g/mol. The SMILES string of the molecule is CO[C@H]([C@@H](C)CO[Si](C)(C)C(C)(C)C)[C@@H](C)C(O)[C@H](C)O. The molecule has 128 valence electrons. The Morgan fingerprint density at radius 3 is 1.86 bits per heavy atom. The van der Waals surface area contributed by atoms with Crippen molar-refractivity contribution in [2.75, 3.05) is 13.7 Å². The smallest absolute Gasteiger partial charge is 0.191 e. The molecule has 0 fully saturated rings. The molecule has 0 heterocycles. The van der Waals surface area contributed by atoms with Crippen molar-refractivity contribution in [3.05, 3.63) is 0 Å². The monoisotopic (exact) mass is 320 g/mol. The highest BCUT2D eigenvalue weighted by Gasteiger charge is 2.38. The van der Waals surface area contributed by atoms with E-state index < -0.39 is 20.5 Å². The van der Waals surface area contributed by atoms with Gasteiger partial charge in [0.1, 0.15) is 0 Å². The maximum atomic E-state index is 10.0. The Bertz CT molecular complexity index is 299. The van der Waals surface area contributed by atoms with Gasteiger partial charge in [0, 0.05) is 25.6 Å². The molecule has 0 aromatic heterocycles. The van der Waals surface area contributed by atoms with Gasteiger partial charge in [-0.15, -0.1) is 0 Å². The van der Waals surface area contributed by atoms with Crippen LogP contribution in [0.4, 0.5) is 0 Å². The van der Waals surface area contributed by atoms with Gasteiger partial charge in [-0.1, -0.05) is 34.6 Å². The second kappa shape index (κ2) is 8.06. The third-order valence-corrected chi connectivity index (χ3v) is 9.40. The summed E-state index contributed by atoms with van der Waals surface area (Å²) in [7, 11) is -0.126. The quantitative estimate of drug-likeness (QED) is 0.675. The number of hydrogen-bond donors (Lipinski definition) is 2. The summed E-state index contributed by atoms with van der Waals surface area (Å²) in [6.45, 7) is 17.3. The zero-order valence-corrected chi connectivity index (χ0v) is 16.3. The lowest BCUT2D eigenvalue weighted by atomic mass is 9.87. The van der Waals surface area contributed by atoms with E-state index in [0.29, 0.717) is 6.61 Å². The van der Waals surface area contributed by atoms with Crippen LogP contribution in [-0.4, -0.2) is 50.6 Å². The van der Waals surface area contributed by atoms with E-state index in [1.807, 2.05) is 6.92 Å². The van der Waals surface area contributed by atoms with Crippen LogP contribution in [0.25, 0.3) is 0 Å². The Hall–Kier alpha value is 0.0569. The van der Waals surface area contributed by atoms with Crippen molar-refractivity contribution in [1.29, 1.82) is 0 Å². The highest BCUT2D eigenvalue weighted by atomic mass is 28.4. The molecule has 21 heavy (non-hydrogen) atoms. The fourth-order valence-electron chi connectivity index (χ4n) is 2.25. The van der Waals surface area contributed by atoms with Crippen LogP contribution in [0.3, 0.4) is 0 Å². The Morgan fingerprint density at radius 1 is 1.05 bits per heavy atom. The number of aliphatic hydroxyl groups is 2. The molecule has 5 heteroatoms. The molecule has 0 aromatic rings. The Kier molecular flexibility index (Phi) is 8.08. The molecule has 5 atom stereocenters. The molecule has 1 unspecified atom stereocenters. The highest BCUT2D eigenvalue weighted by molar-refractivity contribution is 6.74. The number of hydrogen-bond acceptors (Lipinski definition) is 4. The van der Waals surface area contributed by atoms with Gasteiger partial charge in [-0.05, 0) is 25.1 Å². The number of methoxy groups -OCH3 is 1. The van der Waals surface area contributed by atoms with Gasteiger partial charge in [0.25, 0.3) is 0 Å². The number of aliphatic hydroxyl groups excluding tert-OH is 2. The number of ether oxygens (including phenoxy) is 1. The first-order valence-corrected chi connectivity index (χ1v) is 10.8. The molecular formula is C16H36O4Si. The topological polar surface area (TPSA) is 58.9 Å². The van der Waals surface area contributed by atoms with E-state index >= 15 is 0 Å². The minimum Gasteiger partial charge on any atom is -0.416 e. The summed E-state index contributed by atoms with van der Waals surface area (Å²) in [5.74, 6) is 0.0144. The lowest BCUT2D eigenvalue weighted by Gasteiger charge is -2.39. The molecule has 0 saturated carbocycles. The Labute approximate surface area is 132 Å². The van der Waals surface area contributed by atoms with Crippen LogP contribution < -0.4 is 0 Å². The summed E-state index contributed by atoms with van der Waals surface area (Å²) in [5, 5.41) is 19.8. The van der Waals surface area contributed by atoms with Crippen LogP contribution in [0.5, 0.6) is 0 Å². The third kappa shape index (κ3) is 5.98. The first-order chi connectivity index (χ1) is 9.35. The standard InChI is InChI=1S/C16H36O4Si/c1-11(10-20-21(8,9)16(4,5)6)15(19-7)12(2)14(18)13(3)17/h11-15,17-18H,10H2,1-9H3/t11-,12-,13-,14?,15+/m0/s1. The second-order valence-electron chi connectivity index (χ2n) is 7.84. The van der Waals surface area contributed by atoms with Crippen molar-refractivity contribution in [2.24, 2.45) is 11.8 Å². The molecule has 0 aliphatic carbocycles. The lowest BCUT2D eigenvalue weighted by Crippen LogP contribution is -2.45. The molecule has 0 amide bonds. The molecule has 0 bridgehead atoms. The normalized spacial score (nSPS) is 20.7. The summed E-state index contributed by atoms with van der Waals surface area (Å²) in [6, 6.07) is 0. The van der Waals surface area contributed by atoms with E-state index in [-0.39, 0.29) is 23.0 Å². The molecule has 0 rings (SSSR count). The fraction of sp³-hybridized carbons (Fsp3) is 1.00. The molecule has 0 aliphatic rings. The molecule has 0 spiro atoms. The van der Waals surface area contributed by atoms with Crippen molar-refractivity contribution in [1.82, 2.24) is 0 Å². The maximum absolute atomic E-state index is 10.0. The van der Waals surface area contributed by atoms with Gasteiger partial charge in [-0.3, -0.25) is 0 Å². The first-order valence-electron chi connectivity index (χ1n) is 7.88. The highest BCUT2D eigenvalue weighted by Crippen LogP contribution is 2.37. The summed E-state index contributed by atoms with van der Waals surface area (Å²) in [5.41, 5.74) is 0. The van der Waals surface area contributed by atoms with Crippen molar-refractivity contribution < 1.29 is 19.4 Å². The van der Waals surface area contributed by atoms with Crippen molar-refractivity contribution >= 4 is 8.32 Å². The molecule has 0 aromatic carbocycles. The zero-order valence-electron chi connectivity index (χ0n) is 15.3. The Balaban J connectivity index is 4.71. The van der Waals surface area contributed by atoms with Gasteiger partial charge in [-0.2, -0.15) is 0 Å². The van der Waals surface area contributed by atoms with Crippen LogP contribution in [0.15, 0.2) is 0 Å². The van der Waals surface area contributed by atoms with E-state index in [1.54, 1.807) is 14.0 Å². The van der Waals surface area contributed by atoms with Crippen LogP contribution in [0, 0.1) is 11.8 Å². The van der Waals surface area contributed by atoms with Gasteiger partial charge >= 0.3 is 0 Å². The zero-order chi connectivity index (χ0) is 17.0. The summed E-state index contributed by atoms with van der Waals surface area (Å²) in [4.78, 5) is 0. The van der Waals surface area contributed by atoms with Crippen molar-refractivity contribution in [3.63, 3.8) is 0 Å². The van der Waals surface area contributed by atoms with Crippen LogP contribution in [0.2, 0.25) is 18.1 Å². The largest absolute Gasteiger partial charge is 0.416 e. The fourth-order valence-corrected chi connectivity index (χ4v) is 3.36. The predicted molar refractivity (Wildman–Crippen MR) is 90.0 cm³/mol. The molecule has 0 radical (unpaired) electrons. The Morgan fingerprint density at radius 2 is 1.52 bits per heavy atom. The van der Waals surface area contributed by atoms with Crippen LogP contribution in [-0.2, 0) is 9.16 Å². The molecule has 4 nitrogen and oxygen atoms in total. The van der Waals surface area contributed by atoms with Gasteiger partial charge in [-0.25, -0.2) is 0 Å². The van der Waals surface area contributed by atoms with E-state index in [2.05, 4.69) is 40.8 Å². The van der Waals surface area contributed by atoms with Crippen LogP contribution in [0.1, 0.15) is 41.5 Å². The minimum atomic E-state index is -1.78. The molecule has 0 aliphatic heterocycles. The second-order valence-corrected chi connectivity index (χ2v) is 12.6. The first kappa shape index (κ1) is 21.1. The van der Waals surface area contributed by atoms with Crippen molar-refractivity contribution in [3.8, 4) is 0 Å². The minimum absolute atomic E-state index is 0.139. The molecule has 2 N–H and O–H groups in total. The number of rotatable bonds is 8. The predicted octanol–water partition coefficient (Wildman–Crippen LogP) is 3.04. The van der Waals surface area contributed by atoms with Gasteiger partial charge in [0.2, 0.25) is 0 Å². The average molecular weight is 321 g/mol. The maximum Gasteiger partial charge on any atom is 0.191 e. The van der Waals surface area contributed by atoms with Crippen molar-refractivity contribution in [2.45, 2.75) is 78.0 Å². The van der Waals surface area contributed by atoms with E-state index in [4.69, 9.17) is 9.16 Å². The van der Waals surface area contributed by atoms with Gasteiger partial charge in [0.15, 0.2) is 8.32 Å². The van der Waals surface area contributed by atoms with Crippen LogP contribution >= 0.6 is 0 Å². The van der Waals surface area contributed by atoms with E-state index in [1.165, 1.54) is 0 Å².